The molecule has 1 rings (SSSR count). The Morgan fingerprint density at radius 3 is 2.40 bits per heavy atom. The second-order valence-corrected chi connectivity index (χ2v) is 6.00. The number of carbonyl (C=O) groups is 1. The van der Waals surface area contributed by atoms with Gasteiger partial charge in [-0.05, 0) is 30.5 Å². The van der Waals surface area contributed by atoms with Crippen molar-refractivity contribution in [1.82, 2.24) is 4.90 Å². The van der Waals surface area contributed by atoms with Gasteiger partial charge >= 0.3 is 5.97 Å². The van der Waals surface area contributed by atoms with Crippen LogP contribution in [0.2, 0.25) is 10.0 Å². The zero-order chi connectivity index (χ0) is 15.4. The van der Waals surface area contributed by atoms with Crippen LogP contribution in [0.3, 0.4) is 0 Å². The highest BCUT2D eigenvalue weighted by Gasteiger charge is 2.22. The maximum absolute atomic E-state index is 13.6. The summed E-state index contributed by atoms with van der Waals surface area (Å²) >= 11 is 11.8. The fraction of sp³-hybridized carbons (Fsp3) is 0.500. The topological polar surface area (TPSA) is 40.5 Å². The van der Waals surface area contributed by atoms with E-state index in [-0.39, 0.29) is 23.5 Å². The summed E-state index contributed by atoms with van der Waals surface area (Å²) in [5.74, 6) is -1.20. The Morgan fingerprint density at radius 2 is 1.90 bits per heavy atom. The van der Waals surface area contributed by atoms with Crippen LogP contribution in [0.25, 0.3) is 0 Å². The zero-order valence-corrected chi connectivity index (χ0v) is 13.2. The van der Waals surface area contributed by atoms with Gasteiger partial charge in [-0.15, -0.1) is 0 Å². The molecule has 0 amide bonds. The average molecular weight is 322 g/mol. The smallest absolute Gasteiger partial charge is 0.317 e. The highest BCUT2D eigenvalue weighted by atomic mass is 35.5. The molecule has 20 heavy (non-hydrogen) atoms. The Bertz CT molecular complexity index is 494. The van der Waals surface area contributed by atoms with Crippen molar-refractivity contribution in [2.75, 3.05) is 13.1 Å². The Morgan fingerprint density at radius 1 is 1.30 bits per heavy atom. The molecule has 3 nitrogen and oxygen atoms in total. The molecule has 0 saturated heterocycles. The Labute approximate surface area is 128 Å². The van der Waals surface area contributed by atoms with Gasteiger partial charge in [-0.3, -0.25) is 9.69 Å². The van der Waals surface area contributed by atoms with Gasteiger partial charge in [0.25, 0.3) is 0 Å². The summed E-state index contributed by atoms with van der Waals surface area (Å²) in [6.45, 7) is 6.24. The number of hydrogen-bond acceptors (Lipinski definition) is 2. The van der Waals surface area contributed by atoms with Gasteiger partial charge in [0.05, 0.1) is 11.6 Å². The molecule has 6 heteroatoms. The Kier molecular flexibility index (Phi) is 6.24. The van der Waals surface area contributed by atoms with E-state index in [1.165, 1.54) is 12.1 Å². The maximum Gasteiger partial charge on any atom is 0.317 e. The summed E-state index contributed by atoms with van der Waals surface area (Å²) in [7, 11) is 0. The lowest BCUT2D eigenvalue weighted by molar-refractivity contribution is -0.139. The summed E-state index contributed by atoms with van der Waals surface area (Å²) < 4.78 is 13.6. The molecular weight excluding hydrogens is 304 g/mol. The normalized spacial score (nSPS) is 13.0. The lowest BCUT2D eigenvalue weighted by atomic mass is 10.0. The molecule has 0 bridgehead atoms. The van der Waals surface area contributed by atoms with Crippen LogP contribution in [0.5, 0.6) is 0 Å². The summed E-state index contributed by atoms with van der Waals surface area (Å²) in [4.78, 5) is 12.7. The minimum absolute atomic E-state index is 0.0420. The van der Waals surface area contributed by atoms with Gasteiger partial charge in [0.1, 0.15) is 5.82 Å². The van der Waals surface area contributed by atoms with Crippen LogP contribution in [0.1, 0.15) is 32.4 Å². The van der Waals surface area contributed by atoms with E-state index in [9.17, 15) is 9.18 Å². The van der Waals surface area contributed by atoms with Crippen molar-refractivity contribution in [2.24, 2.45) is 5.92 Å². The molecule has 1 aromatic rings. The van der Waals surface area contributed by atoms with Crippen molar-refractivity contribution >= 4 is 29.2 Å². The van der Waals surface area contributed by atoms with Crippen LogP contribution in [-0.4, -0.2) is 29.1 Å². The monoisotopic (exact) mass is 321 g/mol. The first-order valence-electron chi connectivity index (χ1n) is 6.32. The van der Waals surface area contributed by atoms with Crippen molar-refractivity contribution in [3.05, 3.63) is 33.6 Å². The third kappa shape index (κ3) is 4.62. The molecule has 0 aliphatic carbocycles. The van der Waals surface area contributed by atoms with Crippen LogP contribution >= 0.6 is 23.2 Å². The Hall–Kier alpha value is -0.840. The van der Waals surface area contributed by atoms with Crippen LogP contribution in [-0.2, 0) is 4.79 Å². The molecule has 0 aliphatic rings. The van der Waals surface area contributed by atoms with Crippen molar-refractivity contribution < 1.29 is 14.3 Å². The highest BCUT2D eigenvalue weighted by molar-refractivity contribution is 6.35. The summed E-state index contributed by atoms with van der Waals surface area (Å²) in [6.07, 6.45) is 0. The standard InChI is InChI=1S/C14H18Cl2FNO2/c1-8(2)6-18(7-14(19)20)9(3)10-4-13(17)12(16)5-11(10)15/h4-5,8-9H,6-7H2,1-3H3,(H,19,20). The van der Waals surface area contributed by atoms with E-state index in [1.807, 2.05) is 13.8 Å². The molecule has 112 valence electrons. The molecule has 0 spiro atoms. The number of hydrogen-bond donors (Lipinski definition) is 1. The van der Waals surface area contributed by atoms with Gasteiger partial charge in [0.15, 0.2) is 0 Å². The molecule has 0 fully saturated rings. The third-order valence-electron chi connectivity index (χ3n) is 2.98. The van der Waals surface area contributed by atoms with Crippen molar-refractivity contribution in [3.8, 4) is 0 Å². The number of carboxylic acid groups (broad SMARTS) is 1. The molecule has 0 aromatic heterocycles. The second kappa shape index (κ2) is 7.25. The Balaban J connectivity index is 3.07. The molecule has 1 atom stereocenters. The molecular formula is C14H18Cl2FNO2. The molecule has 1 N–H and O–H groups in total. The fourth-order valence-electron chi connectivity index (χ4n) is 2.06. The van der Waals surface area contributed by atoms with Crippen molar-refractivity contribution in [2.45, 2.75) is 26.8 Å². The molecule has 0 aliphatic heterocycles. The van der Waals surface area contributed by atoms with Gasteiger partial charge in [-0.25, -0.2) is 4.39 Å². The minimum Gasteiger partial charge on any atom is -0.480 e. The van der Waals surface area contributed by atoms with E-state index in [1.54, 1.807) is 11.8 Å². The molecule has 1 unspecified atom stereocenters. The van der Waals surface area contributed by atoms with Crippen molar-refractivity contribution in [1.29, 1.82) is 0 Å². The van der Waals surface area contributed by atoms with Crippen LogP contribution < -0.4 is 0 Å². The summed E-state index contributed by atoms with van der Waals surface area (Å²) in [5, 5.41) is 9.28. The van der Waals surface area contributed by atoms with E-state index in [4.69, 9.17) is 28.3 Å². The van der Waals surface area contributed by atoms with Gasteiger partial charge in [-0.2, -0.15) is 0 Å². The van der Waals surface area contributed by atoms with E-state index in [0.717, 1.165) is 0 Å². The number of benzene rings is 1. The summed E-state index contributed by atoms with van der Waals surface area (Å²) in [6, 6.07) is 2.30. The SMILES string of the molecule is CC(C)CN(CC(=O)O)C(C)c1cc(F)c(Cl)cc1Cl. The first kappa shape index (κ1) is 17.2. The largest absolute Gasteiger partial charge is 0.480 e. The number of nitrogens with zero attached hydrogens (tertiary/aromatic N) is 1. The highest BCUT2D eigenvalue weighted by Crippen LogP contribution is 2.31. The third-order valence-corrected chi connectivity index (χ3v) is 3.59. The predicted molar refractivity (Wildman–Crippen MR) is 78.9 cm³/mol. The number of aliphatic carboxylic acids is 1. The van der Waals surface area contributed by atoms with Crippen LogP contribution in [0, 0.1) is 11.7 Å². The number of carboxylic acids is 1. The first-order valence-corrected chi connectivity index (χ1v) is 7.08. The quantitative estimate of drug-likeness (QED) is 0.797. The lowest BCUT2D eigenvalue weighted by Crippen LogP contribution is -2.35. The van der Waals surface area contributed by atoms with E-state index >= 15 is 0 Å². The predicted octanol–water partition coefficient (Wildman–Crippen LogP) is 4.24. The zero-order valence-electron chi connectivity index (χ0n) is 11.7. The fourth-order valence-corrected chi connectivity index (χ4v) is 2.60. The lowest BCUT2D eigenvalue weighted by Gasteiger charge is -2.30. The van der Waals surface area contributed by atoms with Gasteiger partial charge < -0.3 is 5.11 Å². The van der Waals surface area contributed by atoms with Crippen LogP contribution in [0.15, 0.2) is 12.1 Å². The maximum atomic E-state index is 13.6. The molecule has 0 saturated carbocycles. The minimum atomic E-state index is -0.928. The van der Waals surface area contributed by atoms with Crippen molar-refractivity contribution in [3.63, 3.8) is 0 Å². The second-order valence-electron chi connectivity index (χ2n) is 5.18. The van der Waals surface area contributed by atoms with E-state index in [0.29, 0.717) is 17.1 Å². The number of halogens is 3. The van der Waals surface area contributed by atoms with E-state index in [2.05, 4.69) is 0 Å². The molecule has 0 radical (unpaired) electrons. The van der Waals surface area contributed by atoms with Gasteiger partial charge in [0.2, 0.25) is 0 Å². The molecule has 1 aromatic carbocycles. The number of rotatable bonds is 6. The van der Waals surface area contributed by atoms with Crippen LogP contribution in [0.4, 0.5) is 4.39 Å². The van der Waals surface area contributed by atoms with E-state index < -0.39 is 11.8 Å². The summed E-state index contributed by atoms with van der Waals surface area (Å²) in [5.41, 5.74) is 0.537. The van der Waals surface area contributed by atoms with Gasteiger partial charge in [0, 0.05) is 17.6 Å². The van der Waals surface area contributed by atoms with Gasteiger partial charge in [-0.1, -0.05) is 37.0 Å². The first-order chi connectivity index (χ1) is 9.22. The molecule has 0 heterocycles. The average Bonchev–Trinajstić information content (AvgIpc) is 2.31.